The normalized spacial score (nSPS) is 17.8. The fourth-order valence-electron chi connectivity index (χ4n) is 2.00. The third-order valence-electron chi connectivity index (χ3n) is 2.95. The number of aliphatic imine (C=N–C) groups is 1. The van der Waals surface area contributed by atoms with E-state index in [0.717, 1.165) is 23.4 Å². The molecule has 0 bridgehead atoms. The van der Waals surface area contributed by atoms with Gasteiger partial charge in [-0.1, -0.05) is 6.07 Å². The summed E-state index contributed by atoms with van der Waals surface area (Å²) in [6.07, 6.45) is 0.167. The Morgan fingerprint density at radius 3 is 2.68 bits per heavy atom. The second-order valence-electron chi connectivity index (χ2n) is 4.81. The first kappa shape index (κ1) is 17.0. The van der Waals surface area contributed by atoms with E-state index < -0.39 is 6.36 Å². The number of hydrogen-bond acceptors (Lipinski definition) is 5. The number of halogens is 3. The average molecular weight is 365 g/mol. The van der Waals surface area contributed by atoms with Crippen molar-refractivity contribution >= 4 is 34.6 Å². The number of benzene rings is 1. The van der Waals surface area contributed by atoms with Crippen molar-refractivity contribution in [3.8, 4) is 5.75 Å². The van der Waals surface area contributed by atoms with Gasteiger partial charge in [0.25, 0.3) is 5.24 Å². The molecule has 1 aromatic carbocycles. The van der Waals surface area contributed by atoms with Crippen LogP contribution in [-0.4, -0.2) is 22.4 Å². The average Bonchev–Trinajstić information content (AvgIpc) is 2.86. The number of hydrogen-bond donors (Lipinski definition) is 1. The number of carbonyl (C=O) groups is 1. The first-order valence-corrected chi connectivity index (χ1v) is 7.76. The molecule has 0 spiro atoms. The molecule has 1 amide bonds. The molecule has 9 heteroatoms. The number of amidine groups is 1. The van der Waals surface area contributed by atoms with Gasteiger partial charge in [-0.2, -0.15) is 0 Å². The maximum Gasteiger partial charge on any atom is 0.573 e. The Bertz CT molecular complexity index is 851. The van der Waals surface area contributed by atoms with E-state index in [1.54, 1.807) is 30.6 Å². The number of alkyl halides is 3. The van der Waals surface area contributed by atoms with E-state index in [0.29, 0.717) is 4.91 Å². The number of pyridine rings is 1. The minimum Gasteiger partial charge on any atom is -0.406 e. The Labute approximate surface area is 144 Å². The second kappa shape index (κ2) is 6.98. The van der Waals surface area contributed by atoms with Gasteiger partial charge in [-0.3, -0.25) is 9.78 Å². The summed E-state index contributed by atoms with van der Waals surface area (Å²) in [6, 6.07) is 8.72. The number of rotatable bonds is 3. The summed E-state index contributed by atoms with van der Waals surface area (Å²) < 4.78 is 40.8. The monoisotopic (exact) mass is 365 g/mol. The van der Waals surface area contributed by atoms with Gasteiger partial charge in [-0.15, -0.1) is 13.2 Å². The summed E-state index contributed by atoms with van der Waals surface area (Å²) in [5.41, 5.74) is 1.04. The largest absolute Gasteiger partial charge is 0.573 e. The van der Waals surface area contributed by atoms with E-state index in [-0.39, 0.29) is 22.5 Å². The molecule has 2 aromatic rings. The van der Waals surface area contributed by atoms with Crippen LogP contribution in [0.4, 0.5) is 23.7 Å². The molecule has 1 fully saturated rings. The fraction of sp³-hybridized carbons (Fsp3) is 0.0625. The van der Waals surface area contributed by atoms with Gasteiger partial charge >= 0.3 is 6.36 Å². The minimum atomic E-state index is -4.78. The molecule has 0 unspecified atom stereocenters. The van der Waals surface area contributed by atoms with Crippen LogP contribution < -0.4 is 10.1 Å². The van der Waals surface area contributed by atoms with Gasteiger partial charge < -0.3 is 10.1 Å². The van der Waals surface area contributed by atoms with Crippen molar-refractivity contribution in [2.75, 3.05) is 0 Å². The van der Waals surface area contributed by atoms with Crippen LogP contribution in [0.5, 0.6) is 5.75 Å². The summed E-state index contributed by atoms with van der Waals surface area (Å²) >= 11 is 0.951. The topological polar surface area (TPSA) is 63.6 Å². The molecule has 2 heterocycles. The van der Waals surface area contributed by atoms with Crippen LogP contribution >= 0.6 is 11.8 Å². The Balaban J connectivity index is 1.90. The smallest absolute Gasteiger partial charge is 0.406 e. The predicted molar refractivity (Wildman–Crippen MR) is 88.6 cm³/mol. The van der Waals surface area contributed by atoms with Gasteiger partial charge in [-0.25, -0.2) is 4.99 Å². The van der Waals surface area contributed by atoms with E-state index in [1.807, 2.05) is 0 Å². The van der Waals surface area contributed by atoms with E-state index in [2.05, 4.69) is 20.0 Å². The second-order valence-corrected chi connectivity index (χ2v) is 5.82. The lowest BCUT2D eigenvalue weighted by molar-refractivity contribution is -0.274. The highest BCUT2D eigenvalue weighted by Gasteiger charge is 2.31. The molecule has 25 heavy (non-hydrogen) atoms. The van der Waals surface area contributed by atoms with E-state index >= 15 is 0 Å². The van der Waals surface area contributed by atoms with Crippen molar-refractivity contribution in [3.05, 3.63) is 59.3 Å². The first-order valence-electron chi connectivity index (χ1n) is 6.94. The van der Waals surface area contributed by atoms with Gasteiger partial charge in [0, 0.05) is 18.5 Å². The standard InChI is InChI=1S/C16H10F3N3O2S/c17-16(18,19)24-12-3-1-2-11(9-12)21-14-13(25-15(23)22-14)8-10-4-6-20-7-5-10/h1-9H,(H,21,22,23)/b13-8-. The summed E-state index contributed by atoms with van der Waals surface area (Å²) in [5, 5.41) is 2.25. The highest BCUT2D eigenvalue weighted by Crippen LogP contribution is 2.30. The Morgan fingerprint density at radius 2 is 1.96 bits per heavy atom. The quantitative estimate of drug-likeness (QED) is 0.869. The van der Waals surface area contributed by atoms with E-state index in [9.17, 15) is 18.0 Å². The first-order chi connectivity index (χ1) is 11.9. The van der Waals surface area contributed by atoms with Crippen LogP contribution in [0.2, 0.25) is 0 Å². The Kier molecular flexibility index (Phi) is 4.75. The zero-order valence-electron chi connectivity index (χ0n) is 12.4. The molecule has 1 aliphatic heterocycles. The van der Waals surface area contributed by atoms with Crippen molar-refractivity contribution < 1.29 is 22.7 Å². The van der Waals surface area contributed by atoms with Gasteiger partial charge in [0.2, 0.25) is 0 Å². The third-order valence-corrected chi connectivity index (χ3v) is 3.77. The van der Waals surface area contributed by atoms with Gasteiger partial charge in [0.1, 0.15) is 11.6 Å². The zero-order chi connectivity index (χ0) is 17.9. The van der Waals surface area contributed by atoms with Crippen LogP contribution in [0, 0.1) is 0 Å². The van der Waals surface area contributed by atoms with Crippen molar-refractivity contribution in [2.24, 2.45) is 4.99 Å². The molecule has 0 atom stereocenters. The molecule has 1 aliphatic rings. The molecule has 1 saturated heterocycles. The lowest BCUT2D eigenvalue weighted by Crippen LogP contribution is -2.18. The zero-order valence-corrected chi connectivity index (χ0v) is 13.3. The van der Waals surface area contributed by atoms with Crippen LogP contribution in [0.15, 0.2) is 58.7 Å². The van der Waals surface area contributed by atoms with Gasteiger partial charge in [0.05, 0.1) is 10.6 Å². The van der Waals surface area contributed by atoms with E-state index in [4.69, 9.17) is 0 Å². The molecule has 0 radical (unpaired) electrons. The lowest BCUT2D eigenvalue weighted by Gasteiger charge is -2.09. The Morgan fingerprint density at radius 1 is 1.20 bits per heavy atom. The van der Waals surface area contributed by atoms with Crippen LogP contribution in [0.1, 0.15) is 5.56 Å². The number of carbonyl (C=O) groups excluding carboxylic acids is 1. The summed E-state index contributed by atoms with van der Waals surface area (Å²) in [5.74, 6) is -0.123. The number of aromatic nitrogens is 1. The summed E-state index contributed by atoms with van der Waals surface area (Å²) in [6.45, 7) is 0. The SMILES string of the molecule is O=C1NC(=Nc2cccc(OC(F)(F)F)c2)/C(=C/c2ccncc2)S1. The molecular formula is C16H10F3N3O2S. The molecule has 128 valence electrons. The molecule has 5 nitrogen and oxygen atoms in total. The fourth-order valence-corrected chi connectivity index (χ4v) is 2.74. The summed E-state index contributed by atoms with van der Waals surface area (Å²) in [7, 11) is 0. The number of thioether (sulfide) groups is 1. The predicted octanol–water partition coefficient (Wildman–Crippen LogP) is 4.51. The highest BCUT2D eigenvalue weighted by molar-refractivity contribution is 8.18. The minimum absolute atomic E-state index is 0.222. The van der Waals surface area contributed by atoms with Crippen molar-refractivity contribution in [1.29, 1.82) is 0 Å². The number of nitrogens with one attached hydrogen (secondary N) is 1. The maximum atomic E-state index is 12.3. The van der Waals surface area contributed by atoms with E-state index in [1.165, 1.54) is 18.2 Å². The van der Waals surface area contributed by atoms with Gasteiger partial charge in [-0.05, 0) is 47.7 Å². The third kappa shape index (κ3) is 4.83. The number of ether oxygens (including phenoxy) is 1. The van der Waals surface area contributed by atoms with Crippen molar-refractivity contribution in [2.45, 2.75) is 6.36 Å². The molecule has 1 aromatic heterocycles. The van der Waals surface area contributed by atoms with Crippen LogP contribution in [0.25, 0.3) is 6.08 Å². The maximum absolute atomic E-state index is 12.3. The number of nitrogens with zero attached hydrogens (tertiary/aromatic N) is 2. The molecule has 3 rings (SSSR count). The van der Waals surface area contributed by atoms with Gasteiger partial charge in [0.15, 0.2) is 0 Å². The van der Waals surface area contributed by atoms with Crippen LogP contribution in [0.3, 0.4) is 0 Å². The highest BCUT2D eigenvalue weighted by atomic mass is 32.2. The molecule has 0 aliphatic carbocycles. The summed E-state index contributed by atoms with van der Waals surface area (Å²) in [4.78, 5) is 20.3. The van der Waals surface area contributed by atoms with Crippen molar-refractivity contribution in [3.63, 3.8) is 0 Å². The van der Waals surface area contributed by atoms with Crippen molar-refractivity contribution in [1.82, 2.24) is 10.3 Å². The van der Waals surface area contributed by atoms with Crippen LogP contribution in [-0.2, 0) is 0 Å². The molecular weight excluding hydrogens is 355 g/mol. The molecule has 0 saturated carbocycles. The Hall–Kier alpha value is -2.81. The lowest BCUT2D eigenvalue weighted by atomic mass is 10.2. The molecule has 1 N–H and O–H groups in total. The number of amides is 1.